The Morgan fingerprint density at radius 1 is 1.05 bits per heavy atom. The van der Waals surface area contributed by atoms with Gasteiger partial charge in [-0.05, 0) is 35.9 Å². The summed E-state index contributed by atoms with van der Waals surface area (Å²) in [6.07, 6.45) is 0. The van der Waals surface area contributed by atoms with Crippen LogP contribution in [0.25, 0.3) is 0 Å². The summed E-state index contributed by atoms with van der Waals surface area (Å²) in [5.41, 5.74) is 1.22. The molecule has 2 aromatic rings. The Morgan fingerprint density at radius 2 is 1.85 bits per heavy atom. The molecule has 0 heterocycles. The molecule has 106 valence electrons. The van der Waals surface area contributed by atoms with E-state index in [2.05, 4.69) is 33.4 Å². The predicted octanol–water partition coefficient (Wildman–Crippen LogP) is 3.98. The molecule has 3 nitrogen and oxygen atoms in total. The van der Waals surface area contributed by atoms with Crippen molar-refractivity contribution in [2.45, 2.75) is 6.54 Å². The fraction of sp³-hybridized carbons (Fsp3) is 0.250. The molecule has 2 aromatic carbocycles. The molecule has 0 aliphatic rings. The maximum absolute atomic E-state index is 5.79. The van der Waals surface area contributed by atoms with Crippen molar-refractivity contribution >= 4 is 15.9 Å². The van der Waals surface area contributed by atoms with Crippen molar-refractivity contribution in [3.63, 3.8) is 0 Å². The Labute approximate surface area is 128 Å². The molecule has 0 unspecified atom stereocenters. The van der Waals surface area contributed by atoms with Crippen LogP contribution in [0.5, 0.6) is 11.5 Å². The predicted molar refractivity (Wildman–Crippen MR) is 84.2 cm³/mol. The van der Waals surface area contributed by atoms with Gasteiger partial charge in [-0.15, -0.1) is 0 Å². The highest BCUT2D eigenvalue weighted by atomic mass is 79.9. The van der Waals surface area contributed by atoms with Gasteiger partial charge in [-0.1, -0.05) is 34.1 Å². The third-order valence-corrected chi connectivity index (χ3v) is 3.26. The van der Waals surface area contributed by atoms with Crippen LogP contribution in [0.3, 0.4) is 0 Å². The fourth-order valence-corrected chi connectivity index (χ4v) is 2.13. The largest absolute Gasteiger partial charge is 0.457 e. The second-order valence-electron chi connectivity index (χ2n) is 4.37. The molecule has 0 aliphatic carbocycles. The minimum Gasteiger partial charge on any atom is -0.457 e. The quantitative estimate of drug-likeness (QED) is 0.776. The van der Waals surface area contributed by atoms with Crippen LogP contribution in [0, 0.1) is 0 Å². The smallest absolute Gasteiger partial charge is 0.128 e. The van der Waals surface area contributed by atoms with E-state index >= 15 is 0 Å². The van der Waals surface area contributed by atoms with Crippen molar-refractivity contribution in [3.8, 4) is 11.5 Å². The third kappa shape index (κ3) is 4.96. The molecule has 0 saturated heterocycles. The summed E-state index contributed by atoms with van der Waals surface area (Å²) in [5.74, 6) is 1.66. The van der Waals surface area contributed by atoms with Gasteiger partial charge in [0, 0.05) is 24.7 Å². The van der Waals surface area contributed by atoms with Crippen LogP contribution in [-0.2, 0) is 11.3 Å². The average molecular weight is 336 g/mol. The van der Waals surface area contributed by atoms with E-state index in [4.69, 9.17) is 9.47 Å². The van der Waals surface area contributed by atoms with Crippen molar-refractivity contribution in [3.05, 3.63) is 58.6 Å². The number of methoxy groups -OCH3 is 1. The minimum atomic E-state index is 0.726. The highest BCUT2D eigenvalue weighted by Gasteiger charge is 1.99. The molecule has 1 N–H and O–H groups in total. The van der Waals surface area contributed by atoms with E-state index in [1.54, 1.807) is 7.11 Å². The molecule has 0 aromatic heterocycles. The number of halogens is 1. The van der Waals surface area contributed by atoms with Gasteiger partial charge >= 0.3 is 0 Å². The molecule has 0 fully saturated rings. The van der Waals surface area contributed by atoms with E-state index in [1.165, 1.54) is 5.56 Å². The summed E-state index contributed by atoms with van der Waals surface area (Å²) in [6, 6.07) is 15.9. The monoisotopic (exact) mass is 335 g/mol. The lowest BCUT2D eigenvalue weighted by molar-refractivity contribution is 0.199. The first-order valence-electron chi connectivity index (χ1n) is 6.50. The highest BCUT2D eigenvalue weighted by molar-refractivity contribution is 9.10. The van der Waals surface area contributed by atoms with Gasteiger partial charge in [0.05, 0.1) is 6.61 Å². The number of benzene rings is 2. The Bertz CT molecular complexity index is 528. The van der Waals surface area contributed by atoms with Gasteiger partial charge in [-0.3, -0.25) is 0 Å². The molecule has 0 saturated carbocycles. The van der Waals surface area contributed by atoms with Crippen LogP contribution in [-0.4, -0.2) is 20.3 Å². The third-order valence-electron chi connectivity index (χ3n) is 2.77. The summed E-state index contributed by atoms with van der Waals surface area (Å²) in [7, 11) is 1.70. The Kier molecular flexibility index (Phi) is 6.05. The second kappa shape index (κ2) is 8.04. The van der Waals surface area contributed by atoms with Crippen LogP contribution < -0.4 is 10.1 Å². The summed E-state index contributed by atoms with van der Waals surface area (Å²) in [6.45, 7) is 2.41. The van der Waals surface area contributed by atoms with Crippen molar-refractivity contribution in [2.24, 2.45) is 0 Å². The van der Waals surface area contributed by atoms with E-state index in [1.807, 2.05) is 36.4 Å². The molecule has 0 aliphatic heterocycles. The molecule has 0 atom stereocenters. The number of hydrogen-bond acceptors (Lipinski definition) is 3. The van der Waals surface area contributed by atoms with E-state index in [0.717, 1.165) is 35.7 Å². The first-order chi connectivity index (χ1) is 9.78. The molecule has 20 heavy (non-hydrogen) atoms. The maximum Gasteiger partial charge on any atom is 0.128 e. The van der Waals surface area contributed by atoms with Gasteiger partial charge in [0.2, 0.25) is 0 Å². The summed E-state index contributed by atoms with van der Waals surface area (Å²) in [4.78, 5) is 0. The van der Waals surface area contributed by atoms with Crippen LogP contribution in [0.1, 0.15) is 5.56 Å². The fourth-order valence-electron chi connectivity index (χ4n) is 1.75. The number of hydrogen-bond donors (Lipinski definition) is 1. The number of rotatable bonds is 7. The minimum absolute atomic E-state index is 0.726. The van der Waals surface area contributed by atoms with Crippen LogP contribution in [0.15, 0.2) is 53.0 Å². The zero-order valence-corrected chi connectivity index (χ0v) is 13.0. The van der Waals surface area contributed by atoms with Crippen LogP contribution >= 0.6 is 15.9 Å². The molecule has 4 heteroatoms. The second-order valence-corrected chi connectivity index (χ2v) is 5.29. The standard InChI is InChI=1S/C16H18BrNO2/c1-19-10-9-18-12-13-5-7-15(8-6-13)20-16-4-2-3-14(17)11-16/h2-8,11,18H,9-10,12H2,1H3. The Morgan fingerprint density at radius 3 is 2.55 bits per heavy atom. The van der Waals surface area contributed by atoms with E-state index in [0.29, 0.717) is 0 Å². The van der Waals surface area contributed by atoms with Gasteiger partial charge in [-0.25, -0.2) is 0 Å². The van der Waals surface area contributed by atoms with Gasteiger partial charge in [0.15, 0.2) is 0 Å². The summed E-state index contributed by atoms with van der Waals surface area (Å²) in [5, 5.41) is 3.31. The highest BCUT2D eigenvalue weighted by Crippen LogP contribution is 2.24. The Hall–Kier alpha value is -1.36. The molecular weight excluding hydrogens is 318 g/mol. The lowest BCUT2D eigenvalue weighted by atomic mass is 10.2. The Balaban J connectivity index is 1.88. The number of ether oxygens (including phenoxy) is 2. The molecule has 0 spiro atoms. The van der Waals surface area contributed by atoms with Crippen LogP contribution in [0.4, 0.5) is 0 Å². The lowest BCUT2D eigenvalue weighted by Crippen LogP contribution is -2.18. The zero-order valence-electron chi connectivity index (χ0n) is 11.4. The van der Waals surface area contributed by atoms with E-state index < -0.39 is 0 Å². The van der Waals surface area contributed by atoms with Crippen molar-refractivity contribution in [1.29, 1.82) is 0 Å². The first kappa shape index (κ1) is 15.0. The number of nitrogens with one attached hydrogen (secondary N) is 1. The maximum atomic E-state index is 5.79. The van der Waals surface area contributed by atoms with Gasteiger partial charge < -0.3 is 14.8 Å². The van der Waals surface area contributed by atoms with Crippen molar-refractivity contribution < 1.29 is 9.47 Å². The lowest BCUT2D eigenvalue weighted by Gasteiger charge is -2.08. The topological polar surface area (TPSA) is 30.5 Å². The molecule has 0 amide bonds. The molecule has 2 rings (SSSR count). The SMILES string of the molecule is COCCNCc1ccc(Oc2cccc(Br)c2)cc1. The van der Waals surface area contributed by atoms with E-state index in [-0.39, 0.29) is 0 Å². The zero-order chi connectivity index (χ0) is 14.2. The molecular formula is C16H18BrNO2. The van der Waals surface area contributed by atoms with Gasteiger partial charge in [0.1, 0.15) is 11.5 Å². The molecule has 0 bridgehead atoms. The molecule has 0 radical (unpaired) electrons. The average Bonchev–Trinajstić information content (AvgIpc) is 2.45. The first-order valence-corrected chi connectivity index (χ1v) is 7.29. The summed E-state index contributed by atoms with van der Waals surface area (Å²) < 4.78 is 11.8. The van der Waals surface area contributed by atoms with Gasteiger partial charge in [-0.2, -0.15) is 0 Å². The van der Waals surface area contributed by atoms with Crippen LogP contribution in [0.2, 0.25) is 0 Å². The van der Waals surface area contributed by atoms with Gasteiger partial charge in [0.25, 0.3) is 0 Å². The van der Waals surface area contributed by atoms with Crippen molar-refractivity contribution in [2.75, 3.05) is 20.3 Å². The van der Waals surface area contributed by atoms with E-state index in [9.17, 15) is 0 Å². The van der Waals surface area contributed by atoms with Crippen molar-refractivity contribution in [1.82, 2.24) is 5.32 Å². The normalized spacial score (nSPS) is 10.5. The summed E-state index contributed by atoms with van der Waals surface area (Å²) >= 11 is 3.43.